The van der Waals surface area contributed by atoms with Crippen LogP contribution < -0.4 is 9.46 Å². The van der Waals surface area contributed by atoms with Gasteiger partial charge in [0, 0.05) is 34.9 Å². The Morgan fingerprint density at radius 1 is 1.00 bits per heavy atom. The minimum atomic E-state index is -4.85. The largest absolute Gasteiger partial charge is 0.573 e. The van der Waals surface area contributed by atoms with E-state index in [4.69, 9.17) is 0 Å². The number of aliphatic hydroxyl groups is 1. The molecule has 4 aromatic rings. The van der Waals surface area contributed by atoms with Crippen molar-refractivity contribution in [3.05, 3.63) is 71.8 Å². The number of nitrogens with zero attached hydrogens (tertiary/aromatic N) is 4. The van der Waals surface area contributed by atoms with Gasteiger partial charge < -0.3 is 14.4 Å². The standard InChI is InChI=1S/C28H24F3N5O3S/c1-34-40(38,20-9-7-19(8-10-20)39-28(29,30)31)35-23-3-2-4-26(27(23)37)36-24-11-5-17(15-32)13-21(24)22-14-18(16-33)6-12-25(22)36/h5-14,23,26-27,37H,2-4H2,1H3,(H,34,35,38). The number of halogens is 3. The van der Waals surface area contributed by atoms with Crippen LogP contribution in [0, 0.1) is 22.7 Å². The lowest BCUT2D eigenvalue weighted by Crippen LogP contribution is -2.49. The quantitative estimate of drug-likeness (QED) is 0.327. The molecule has 8 nitrogen and oxygen atoms in total. The van der Waals surface area contributed by atoms with E-state index in [9.17, 15) is 33.0 Å². The van der Waals surface area contributed by atoms with E-state index in [-0.39, 0.29) is 4.90 Å². The fraction of sp³-hybridized carbons (Fsp3) is 0.286. The van der Waals surface area contributed by atoms with Crippen LogP contribution in [0.15, 0.2) is 69.9 Å². The van der Waals surface area contributed by atoms with Crippen LogP contribution in [0.3, 0.4) is 0 Å². The summed E-state index contributed by atoms with van der Waals surface area (Å²) in [6.07, 6.45) is -4.06. The van der Waals surface area contributed by atoms with Crippen LogP contribution in [-0.4, -0.2) is 39.4 Å². The van der Waals surface area contributed by atoms with Crippen molar-refractivity contribution < 1.29 is 27.2 Å². The highest BCUT2D eigenvalue weighted by molar-refractivity contribution is 7.91. The number of aliphatic hydroxyl groups excluding tert-OH is 1. The van der Waals surface area contributed by atoms with E-state index in [1.807, 2.05) is 16.7 Å². The van der Waals surface area contributed by atoms with Gasteiger partial charge in [-0.15, -0.1) is 13.2 Å². The second-order valence-corrected chi connectivity index (χ2v) is 11.6. The van der Waals surface area contributed by atoms with Gasteiger partial charge in [0.2, 0.25) is 0 Å². The maximum absolute atomic E-state index is 13.8. The van der Waals surface area contributed by atoms with Crippen molar-refractivity contribution in [3.8, 4) is 17.9 Å². The Hall–Kier alpha value is -4.10. The summed E-state index contributed by atoms with van der Waals surface area (Å²) in [6, 6.07) is 18.4. The average Bonchev–Trinajstić information content (AvgIpc) is 3.26. The van der Waals surface area contributed by atoms with Gasteiger partial charge in [0.05, 0.1) is 40.3 Å². The molecule has 40 heavy (non-hydrogen) atoms. The monoisotopic (exact) mass is 567 g/mol. The molecule has 1 aliphatic carbocycles. The Kier molecular flexibility index (Phi) is 7.19. The predicted molar refractivity (Wildman–Crippen MR) is 143 cm³/mol. The molecular formula is C28H24F3N5O3S. The first kappa shape index (κ1) is 27.5. The Morgan fingerprint density at radius 3 is 2.08 bits per heavy atom. The fourth-order valence-corrected chi connectivity index (χ4v) is 7.00. The molecule has 0 bridgehead atoms. The molecule has 1 saturated carbocycles. The summed E-state index contributed by atoms with van der Waals surface area (Å²) in [5, 5.41) is 32.0. The number of alkyl halides is 3. The van der Waals surface area contributed by atoms with Crippen molar-refractivity contribution in [3.63, 3.8) is 0 Å². The van der Waals surface area contributed by atoms with Crippen LogP contribution >= 0.6 is 0 Å². The number of hydrogen-bond donors (Lipinski definition) is 2. The van der Waals surface area contributed by atoms with Crippen molar-refractivity contribution in [2.24, 2.45) is 4.36 Å². The number of aromatic nitrogens is 1. The Labute approximate surface area is 228 Å². The third kappa shape index (κ3) is 5.09. The lowest BCUT2D eigenvalue weighted by Gasteiger charge is -2.37. The summed E-state index contributed by atoms with van der Waals surface area (Å²) >= 11 is 0. The van der Waals surface area contributed by atoms with Gasteiger partial charge >= 0.3 is 6.36 Å². The van der Waals surface area contributed by atoms with E-state index in [0.29, 0.717) is 30.4 Å². The number of nitriles is 2. The van der Waals surface area contributed by atoms with E-state index in [2.05, 4.69) is 26.0 Å². The lowest BCUT2D eigenvalue weighted by molar-refractivity contribution is -0.274. The second-order valence-electron chi connectivity index (χ2n) is 9.50. The summed E-state index contributed by atoms with van der Waals surface area (Å²) in [6.45, 7) is 0. The third-order valence-electron chi connectivity index (χ3n) is 7.16. The molecule has 0 saturated heterocycles. The average molecular weight is 568 g/mol. The van der Waals surface area contributed by atoms with Gasteiger partial charge in [-0.2, -0.15) is 10.5 Å². The fourth-order valence-electron chi connectivity index (χ4n) is 5.37. The number of hydrogen-bond acceptors (Lipinski definition) is 6. The zero-order valence-corrected chi connectivity index (χ0v) is 22.0. The Bertz CT molecular complexity index is 1720. The molecule has 5 rings (SSSR count). The number of rotatable bonds is 5. The first-order chi connectivity index (χ1) is 19.1. The third-order valence-corrected chi connectivity index (χ3v) is 9.21. The predicted octanol–water partition coefficient (Wildman–Crippen LogP) is 5.55. The van der Waals surface area contributed by atoms with Gasteiger partial charge in [-0.3, -0.25) is 0 Å². The van der Waals surface area contributed by atoms with Gasteiger partial charge in [0.1, 0.15) is 15.7 Å². The Morgan fingerprint density at radius 2 is 1.57 bits per heavy atom. The molecule has 4 unspecified atom stereocenters. The molecular weight excluding hydrogens is 543 g/mol. The van der Waals surface area contributed by atoms with Crippen molar-refractivity contribution in [1.82, 2.24) is 9.29 Å². The molecule has 2 N–H and O–H groups in total. The minimum Gasteiger partial charge on any atom is -0.406 e. The van der Waals surface area contributed by atoms with E-state index >= 15 is 0 Å². The number of nitrogens with one attached hydrogen (secondary N) is 1. The van der Waals surface area contributed by atoms with Crippen LogP contribution in [0.25, 0.3) is 21.8 Å². The maximum Gasteiger partial charge on any atom is 0.573 e. The van der Waals surface area contributed by atoms with Crippen LogP contribution in [0.4, 0.5) is 13.2 Å². The second kappa shape index (κ2) is 10.5. The van der Waals surface area contributed by atoms with E-state index < -0.39 is 40.2 Å². The highest BCUT2D eigenvalue weighted by Gasteiger charge is 2.37. The highest BCUT2D eigenvalue weighted by Crippen LogP contribution is 2.39. The molecule has 12 heteroatoms. The number of fused-ring (bicyclic) bond motifs is 3. The van der Waals surface area contributed by atoms with Gasteiger partial charge in [-0.25, -0.2) is 13.3 Å². The van der Waals surface area contributed by atoms with Crippen LogP contribution in [0.1, 0.15) is 36.4 Å². The van der Waals surface area contributed by atoms with Crippen molar-refractivity contribution in [1.29, 1.82) is 10.5 Å². The van der Waals surface area contributed by atoms with Crippen LogP contribution in [0.5, 0.6) is 5.75 Å². The highest BCUT2D eigenvalue weighted by atomic mass is 32.2. The molecule has 1 aliphatic rings. The zero-order chi connectivity index (χ0) is 28.7. The summed E-state index contributed by atoms with van der Waals surface area (Å²) in [5.74, 6) is -0.447. The molecule has 4 atom stereocenters. The molecule has 1 aromatic heterocycles. The van der Waals surface area contributed by atoms with Gasteiger partial charge in [0.25, 0.3) is 0 Å². The molecule has 0 amide bonds. The summed E-state index contributed by atoms with van der Waals surface area (Å²) in [4.78, 5) is 0.156. The molecule has 0 aliphatic heterocycles. The van der Waals surface area contributed by atoms with Crippen LogP contribution in [0.2, 0.25) is 0 Å². The zero-order valence-electron chi connectivity index (χ0n) is 21.2. The topological polar surface area (TPSA) is 123 Å². The Balaban J connectivity index is 1.50. The molecule has 0 radical (unpaired) electrons. The van der Waals surface area contributed by atoms with Crippen molar-refractivity contribution in [2.75, 3.05) is 7.05 Å². The van der Waals surface area contributed by atoms with Gasteiger partial charge in [0.15, 0.2) is 0 Å². The first-order valence-corrected chi connectivity index (χ1v) is 13.9. The molecule has 0 spiro atoms. The normalized spacial score (nSPS) is 20.9. The van der Waals surface area contributed by atoms with Gasteiger partial charge in [-0.1, -0.05) is 0 Å². The van der Waals surface area contributed by atoms with E-state index in [0.717, 1.165) is 33.9 Å². The molecule has 3 aromatic carbocycles. The lowest BCUT2D eigenvalue weighted by atomic mass is 9.88. The summed E-state index contributed by atoms with van der Waals surface area (Å²) in [7, 11) is -1.96. The smallest absolute Gasteiger partial charge is 0.406 e. The maximum atomic E-state index is 13.8. The minimum absolute atomic E-state index is 0.156. The molecule has 1 heterocycles. The van der Waals surface area contributed by atoms with Crippen molar-refractivity contribution >= 4 is 31.7 Å². The summed E-state index contributed by atoms with van der Waals surface area (Å²) in [5.41, 5.74) is 2.51. The van der Waals surface area contributed by atoms with E-state index in [1.54, 1.807) is 24.3 Å². The summed E-state index contributed by atoms with van der Waals surface area (Å²) < 4.78 is 64.4. The van der Waals surface area contributed by atoms with E-state index in [1.165, 1.54) is 19.2 Å². The van der Waals surface area contributed by atoms with Crippen LogP contribution in [-0.2, 0) is 9.92 Å². The van der Waals surface area contributed by atoms with Gasteiger partial charge in [-0.05, 0) is 79.9 Å². The number of ether oxygens (including phenoxy) is 1. The first-order valence-electron chi connectivity index (χ1n) is 12.4. The SMILES string of the molecule is CN=S(=O)(NC1CCCC(n2c3ccc(C#N)cc3c3cc(C#N)ccc32)C1O)c1ccc(OC(F)(F)F)cc1. The van der Waals surface area contributed by atoms with Crippen molar-refractivity contribution in [2.45, 2.75) is 48.7 Å². The number of benzene rings is 3. The molecule has 1 fully saturated rings. The molecule has 206 valence electrons.